The summed E-state index contributed by atoms with van der Waals surface area (Å²) in [5.41, 5.74) is 9.12. The largest absolute Gasteiger partial charge is 0.356 e. The van der Waals surface area contributed by atoms with E-state index in [0.29, 0.717) is 12.0 Å². The van der Waals surface area contributed by atoms with Crippen LogP contribution < -0.4 is 10.6 Å². The third-order valence-electron chi connectivity index (χ3n) is 5.39. The summed E-state index contributed by atoms with van der Waals surface area (Å²) >= 11 is 0. The number of nitrogens with zero attached hydrogens (tertiary/aromatic N) is 2. The lowest BCUT2D eigenvalue weighted by Gasteiger charge is -2.29. The second kappa shape index (κ2) is 4.48. The van der Waals surface area contributed by atoms with Crippen LogP contribution in [0.3, 0.4) is 0 Å². The minimum absolute atomic E-state index is 0.415. The van der Waals surface area contributed by atoms with Gasteiger partial charge in [0.2, 0.25) is 0 Å². The smallest absolute Gasteiger partial charge is 0.128 e. The molecule has 1 aromatic heterocycles. The molecule has 3 unspecified atom stereocenters. The minimum Gasteiger partial charge on any atom is -0.356 e. The van der Waals surface area contributed by atoms with E-state index < -0.39 is 0 Å². The highest BCUT2D eigenvalue weighted by Gasteiger charge is 2.39. The van der Waals surface area contributed by atoms with Crippen LogP contribution in [0.1, 0.15) is 36.9 Å². The number of hydrogen-bond acceptors (Lipinski definition) is 3. The van der Waals surface area contributed by atoms with E-state index in [0.717, 1.165) is 12.5 Å². The first kappa shape index (κ1) is 11.7. The number of rotatable bonds is 1. The van der Waals surface area contributed by atoms with E-state index in [4.69, 9.17) is 10.7 Å². The Balaban J connectivity index is 1.57. The maximum Gasteiger partial charge on any atom is 0.128 e. The molecular formula is C16H23N3. The van der Waals surface area contributed by atoms with Crippen molar-refractivity contribution in [3.8, 4) is 0 Å². The number of nitrogens with two attached hydrogens (primary N) is 1. The minimum atomic E-state index is 0.415. The fourth-order valence-electron chi connectivity index (χ4n) is 4.29. The number of fused-ring (bicyclic) bond motifs is 2. The topological polar surface area (TPSA) is 42.1 Å². The lowest BCUT2D eigenvalue weighted by Crippen LogP contribution is -2.38. The summed E-state index contributed by atoms with van der Waals surface area (Å²) in [5, 5.41) is 0. The Kier molecular flexibility index (Phi) is 2.76. The van der Waals surface area contributed by atoms with Crippen LogP contribution in [0.2, 0.25) is 0 Å². The van der Waals surface area contributed by atoms with Gasteiger partial charge in [-0.25, -0.2) is 4.98 Å². The van der Waals surface area contributed by atoms with Crippen LogP contribution in [0.4, 0.5) is 5.82 Å². The summed E-state index contributed by atoms with van der Waals surface area (Å²) in [7, 11) is 0. The molecule has 3 aliphatic rings. The summed E-state index contributed by atoms with van der Waals surface area (Å²) in [6.45, 7) is 2.29. The van der Waals surface area contributed by atoms with Crippen LogP contribution in [0.5, 0.6) is 0 Å². The Morgan fingerprint density at radius 2 is 2.05 bits per heavy atom. The Hall–Kier alpha value is -1.09. The van der Waals surface area contributed by atoms with Crippen LogP contribution in [0.25, 0.3) is 0 Å². The maximum absolute atomic E-state index is 6.30. The number of hydrogen-bond donors (Lipinski definition) is 1. The highest BCUT2D eigenvalue weighted by Crippen LogP contribution is 2.37. The zero-order valence-electron chi connectivity index (χ0n) is 11.5. The van der Waals surface area contributed by atoms with Crippen molar-refractivity contribution in [3.05, 3.63) is 23.4 Å². The molecule has 0 radical (unpaired) electrons. The molecule has 0 aromatic carbocycles. The summed E-state index contributed by atoms with van der Waals surface area (Å²) in [5.74, 6) is 2.70. The Bertz CT molecular complexity index is 485. The van der Waals surface area contributed by atoms with Crippen LogP contribution in [-0.4, -0.2) is 24.1 Å². The second-order valence-corrected chi connectivity index (χ2v) is 6.55. The molecule has 2 fully saturated rings. The van der Waals surface area contributed by atoms with Crippen molar-refractivity contribution in [1.82, 2.24) is 4.98 Å². The molecule has 3 heteroatoms. The van der Waals surface area contributed by atoms with Gasteiger partial charge in [-0.3, -0.25) is 0 Å². The molecule has 1 saturated carbocycles. The van der Waals surface area contributed by atoms with Gasteiger partial charge in [0.15, 0.2) is 0 Å². The third-order valence-corrected chi connectivity index (χ3v) is 5.39. The molecule has 2 aliphatic carbocycles. The molecule has 4 rings (SSSR count). The predicted octanol–water partition coefficient (Wildman–Crippen LogP) is 2.13. The first-order chi connectivity index (χ1) is 9.31. The normalized spacial score (nSPS) is 33.3. The molecule has 2 heterocycles. The second-order valence-electron chi connectivity index (χ2n) is 6.55. The molecule has 2 N–H and O–H groups in total. The van der Waals surface area contributed by atoms with Crippen LogP contribution in [0, 0.1) is 11.8 Å². The maximum atomic E-state index is 6.30. The standard InChI is InChI=1S/C16H23N3/c17-14-5-1-4-12-9-19(10-13(12)14)16-8-7-11-3-2-6-15(11)18-16/h7-8,12-14H,1-6,9-10,17H2. The summed E-state index contributed by atoms with van der Waals surface area (Å²) < 4.78 is 0. The zero-order valence-corrected chi connectivity index (χ0v) is 11.5. The van der Waals surface area contributed by atoms with Crippen molar-refractivity contribution in [2.45, 2.75) is 44.6 Å². The molecule has 0 amide bonds. The van der Waals surface area contributed by atoms with Crippen LogP contribution >= 0.6 is 0 Å². The van der Waals surface area contributed by atoms with Gasteiger partial charge < -0.3 is 10.6 Å². The summed E-state index contributed by atoms with van der Waals surface area (Å²) in [4.78, 5) is 7.39. The van der Waals surface area contributed by atoms with Gasteiger partial charge in [-0.1, -0.05) is 12.5 Å². The molecular weight excluding hydrogens is 234 g/mol. The number of aromatic nitrogens is 1. The van der Waals surface area contributed by atoms with Gasteiger partial charge in [0.05, 0.1) is 0 Å². The predicted molar refractivity (Wildman–Crippen MR) is 77.3 cm³/mol. The van der Waals surface area contributed by atoms with Gasteiger partial charge in [-0.15, -0.1) is 0 Å². The van der Waals surface area contributed by atoms with Gasteiger partial charge >= 0.3 is 0 Å². The van der Waals surface area contributed by atoms with Crippen molar-refractivity contribution in [2.24, 2.45) is 17.6 Å². The highest BCUT2D eigenvalue weighted by atomic mass is 15.2. The van der Waals surface area contributed by atoms with Crippen molar-refractivity contribution < 1.29 is 0 Å². The first-order valence-electron chi connectivity index (χ1n) is 7.80. The number of pyridine rings is 1. The van der Waals surface area contributed by atoms with Crippen LogP contribution in [-0.2, 0) is 12.8 Å². The zero-order chi connectivity index (χ0) is 12.8. The van der Waals surface area contributed by atoms with E-state index in [1.54, 1.807) is 0 Å². The van der Waals surface area contributed by atoms with Crippen molar-refractivity contribution in [1.29, 1.82) is 0 Å². The molecule has 0 spiro atoms. The Labute approximate surface area is 115 Å². The average molecular weight is 257 g/mol. The van der Waals surface area contributed by atoms with E-state index in [1.165, 1.54) is 62.1 Å². The average Bonchev–Trinajstić information content (AvgIpc) is 3.04. The molecule has 1 aliphatic heterocycles. The van der Waals surface area contributed by atoms with E-state index in [2.05, 4.69) is 17.0 Å². The molecule has 3 atom stereocenters. The van der Waals surface area contributed by atoms with E-state index in [1.807, 2.05) is 0 Å². The van der Waals surface area contributed by atoms with Gasteiger partial charge in [-0.2, -0.15) is 0 Å². The van der Waals surface area contributed by atoms with Gasteiger partial charge in [-0.05, 0) is 55.6 Å². The molecule has 3 nitrogen and oxygen atoms in total. The monoisotopic (exact) mass is 257 g/mol. The summed E-state index contributed by atoms with van der Waals surface area (Å²) in [6, 6.07) is 4.94. The lowest BCUT2D eigenvalue weighted by atomic mass is 9.78. The lowest BCUT2D eigenvalue weighted by molar-refractivity contribution is 0.260. The molecule has 102 valence electrons. The van der Waals surface area contributed by atoms with Gasteiger partial charge in [0.25, 0.3) is 0 Å². The van der Waals surface area contributed by atoms with Crippen molar-refractivity contribution in [3.63, 3.8) is 0 Å². The summed E-state index contributed by atoms with van der Waals surface area (Å²) in [6.07, 6.45) is 7.56. The van der Waals surface area contributed by atoms with E-state index >= 15 is 0 Å². The quantitative estimate of drug-likeness (QED) is 0.838. The third kappa shape index (κ3) is 1.95. The Morgan fingerprint density at radius 1 is 1.11 bits per heavy atom. The van der Waals surface area contributed by atoms with Crippen LogP contribution in [0.15, 0.2) is 12.1 Å². The van der Waals surface area contributed by atoms with Crippen molar-refractivity contribution >= 4 is 5.82 Å². The fraction of sp³-hybridized carbons (Fsp3) is 0.688. The first-order valence-corrected chi connectivity index (χ1v) is 7.80. The fourth-order valence-corrected chi connectivity index (χ4v) is 4.29. The molecule has 19 heavy (non-hydrogen) atoms. The molecule has 1 aromatic rings. The van der Waals surface area contributed by atoms with E-state index in [-0.39, 0.29) is 0 Å². The van der Waals surface area contributed by atoms with Gasteiger partial charge in [0, 0.05) is 24.8 Å². The molecule has 1 saturated heterocycles. The van der Waals surface area contributed by atoms with E-state index in [9.17, 15) is 0 Å². The van der Waals surface area contributed by atoms with Gasteiger partial charge in [0.1, 0.15) is 5.82 Å². The Morgan fingerprint density at radius 3 is 2.95 bits per heavy atom. The number of aryl methyl sites for hydroxylation is 2. The number of anilines is 1. The van der Waals surface area contributed by atoms with Crippen molar-refractivity contribution in [2.75, 3.05) is 18.0 Å². The highest BCUT2D eigenvalue weighted by molar-refractivity contribution is 5.44. The molecule has 0 bridgehead atoms. The SMILES string of the molecule is NC1CCCC2CN(c3ccc4c(n3)CCC4)CC12.